The number of unbranched alkanes of at least 4 members (excludes halogenated alkanes) is 15. The topological polar surface area (TPSA) is 75.7 Å². The molecule has 0 heterocycles. The predicted octanol–water partition coefficient (Wildman–Crippen LogP) is 6.83. The Kier molecular flexibility index (Phi) is 27.0. The lowest BCUT2D eigenvalue weighted by atomic mass is 10.1. The summed E-state index contributed by atoms with van der Waals surface area (Å²) >= 11 is 4.36. The second kappa shape index (κ2) is 24.5. The summed E-state index contributed by atoms with van der Waals surface area (Å²) in [5.74, 6) is 0. The monoisotopic (exact) mass is 425 g/mol. The Balaban J connectivity index is 0. The summed E-state index contributed by atoms with van der Waals surface area (Å²) in [6.45, 7) is 2.32. The molecule has 6 heteroatoms. The Morgan fingerprint density at radius 2 is 0.963 bits per heavy atom. The van der Waals surface area contributed by atoms with Gasteiger partial charge in [-0.3, -0.25) is 0 Å². The van der Waals surface area contributed by atoms with E-state index in [4.69, 9.17) is 20.0 Å². The van der Waals surface area contributed by atoms with Crippen molar-refractivity contribution in [3.63, 3.8) is 0 Å². The van der Waals surface area contributed by atoms with Crippen molar-refractivity contribution in [1.82, 2.24) is 0 Å². The molecule has 0 saturated carbocycles. The lowest BCUT2D eigenvalue weighted by Crippen LogP contribution is -1.97. The second-order valence-corrected chi connectivity index (χ2v) is 10.1. The van der Waals surface area contributed by atoms with E-state index in [0.717, 1.165) is 19.4 Å². The summed E-state index contributed by atoms with van der Waals surface area (Å²) in [6.07, 6.45) is 22.0. The molecule has 0 aromatic carbocycles. The van der Waals surface area contributed by atoms with Gasteiger partial charge in [0.25, 0.3) is 0 Å². The quantitative estimate of drug-likeness (QED) is 0.156. The van der Waals surface area contributed by atoms with Crippen molar-refractivity contribution >= 4 is 18.5 Å². The summed E-state index contributed by atoms with van der Waals surface area (Å²) in [5.41, 5.74) is 5.34. The van der Waals surface area contributed by atoms with E-state index in [1.807, 2.05) is 0 Å². The van der Waals surface area contributed by atoms with Crippen molar-refractivity contribution in [2.75, 3.05) is 13.2 Å². The first-order valence-electron chi connectivity index (χ1n) is 11.4. The number of hydrogen-bond acceptors (Lipinski definition) is 3. The first-order valence-corrected chi connectivity index (χ1v) is 14.0. The smallest absolute Gasteiger partial charge is 0.321 e. The van der Waals surface area contributed by atoms with Crippen LogP contribution in [0.25, 0.3) is 0 Å². The Labute approximate surface area is 174 Å². The van der Waals surface area contributed by atoms with Crippen LogP contribution in [-0.2, 0) is 16.3 Å². The summed E-state index contributed by atoms with van der Waals surface area (Å²) in [7, 11) is 0. The first-order chi connectivity index (χ1) is 13.0. The molecule has 0 unspecified atom stereocenters. The van der Waals surface area contributed by atoms with Gasteiger partial charge in [-0.25, -0.2) is 0 Å². The number of nitrogens with two attached hydrogens (primary N) is 1. The summed E-state index contributed by atoms with van der Waals surface area (Å²) < 4.78 is 4.75. The molecule has 166 valence electrons. The third-order valence-electron chi connectivity index (χ3n) is 4.57. The average molecular weight is 426 g/mol. The molecule has 0 fully saturated rings. The lowest BCUT2D eigenvalue weighted by Gasteiger charge is -2.07. The highest BCUT2D eigenvalue weighted by Crippen LogP contribution is 2.36. The van der Waals surface area contributed by atoms with Gasteiger partial charge in [-0.15, -0.1) is 0 Å². The lowest BCUT2D eigenvalue weighted by molar-refractivity contribution is 0.245. The van der Waals surface area contributed by atoms with Crippen LogP contribution < -0.4 is 5.73 Å². The van der Waals surface area contributed by atoms with E-state index in [-0.39, 0.29) is 0 Å². The maximum Gasteiger partial charge on any atom is 0.321 e. The molecule has 0 aromatic rings. The van der Waals surface area contributed by atoms with Gasteiger partial charge in [0.15, 0.2) is 0 Å². The van der Waals surface area contributed by atoms with Crippen molar-refractivity contribution < 1.29 is 14.3 Å². The maximum atomic E-state index is 8.84. The van der Waals surface area contributed by atoms with Crippen LogP contribution in [0, 0.1) is 0 Å². The van der Waals surface area contributed by atoms with Crippen LogP contribution in [0.5, 0.6) is 0 Å². The van der Waals surface area contributed by atoms with Gasteiger partial charge < -0.3 is 20.0 Å². The molecule has 0 aliphatic carbocycles. The molecule has 0 aliphatic rings. The largest absolute Gasteiger partial charge is 0.330 e. The second-order valence-electron chi connectivity index (χ2n) is 7.42. The predicted molar refractivity (Wildman–Crippen MR) is 124 cm³/mol. The van der Waals surface area contributed by atoms with Gasteiger partial charge >= 0.3 is 6.72 Å². The van der Waals surface area contributed by atoms with E-state index in [9.17, 15) is 0 Å². The Morgan fingerprint density at radius 1 is 0.630 bits per heavy atom. The van der Waals surface area contributed by atoms with Crippen molar-refractivity contribution in [2.45, 2.75) is 123 Å². The van der Waals surface area contributed by atoms with Gasteiger partial charge in [0.05, 0.1) is 6.61 Å². The van der Waals surface area contributed by atoms with E-state index in [2.05, 4.69) is 25.7 Å². The standard InChI is InChI=1S/C13H29O3PS.C8H19N/c1-2-3-4-5-6-7-8-9-10-11-12-13-16-17(14,15)18;1-2-3-4-5-6-7-8-9/h2-13H2,1H3,(H2,14,15,18);2-9H2,1H3. The minimum absolute atomic E-state index is 0.376. The fourth-order valence-corrected chi connectivity index (χ4v) is 3.46. The first kappa shape index (κ1) is 29.7. The maximum absolute atomic E-state index is 8.84. The highest BCUT2D eigenvalue weighted by atomic mass is 32.5. The fraction of sp³-hybridized carbons (Fsp3) is 1.00. The van der Waals surface area contributed by atoms with Crippen LogP contribution in [0.2, 0.25) is 0 Å². The van der Waals surface area contributed by atoms with E-state index < -0.39 is 6.72 Å². The molecule has 4 nitrogen and oxygen atoms in total. The summed E-state index contributed by atoms with van der Waals surface area (Å²) in [4.78, 5) is 17.7. The van der Waals surface area contributed by atoms with Crippen LogP contribution in [0.3, 0.4) is 0 Å². The molecule has 0 radical (unpaired) electrons. The minimum atomic E-state index is -3.41. The highest BCUT2D eigenvalue weighted by Gasteiger charge is 2.06. The van der Waals surface area contributed by atoms with Crippen LogP contribution in [0.4, 0.5) is 0 Å². The molecule has 0 aromatic heterocycles. The normalized spacial score (nSPS) is 11.3. The van der Waals surface area contributed by atoms with Crippen molar-refractivity contribution in [1.29, 1.82) is 0 Å². The Hall–Kier alpha value is 0.490. The molecule has 0 spiro atoms. The van der Waals surface area contributed by atoms with Gasteiger partial charge in [-0.2, -0.15) is 0 Å². The Morgan fingerprint density at radius 3 is 1.30 bits per heavy atom. The molecular formula is C21H48NO3PS. The third-order valence-corrected chi connectivity index (χ3v) is 5.40. The van der Waals surface area contributed by atoms with E-state index in [1.54, 1.807) is 0 Å². The number of rotatable bonds is 19. The van der Waals surface area contributed by atoms with Crippen LogP contribution in [0.1, 0.15) is 123 Å². The molecule has 27 heavy (non-hydrogen) atoms. The zero-order valence-electron chi connectivity index (χ0n) is 18.2. The van der Waals surface area contributed by atoms with E-state index in [1.165, 1.54) is 96.3 Å². The SMILES string of the molecule is CCCCCCCCCCCCCOP(O)(O)=S.CCCCCCCCN. The van der Waals surface area contributed by atoms with Gasteiger partial charge in [0.2, 0.25) is 0 Å². The minimum Gasteiger partial charge on any atom is -0.330 e. The Bertz CT molecular complexity index is 308. The molecule has 0 aliphatic heterocycles. The van der Waals surface area contributed by atoms with Gasteiger partial charge in [0, 0.05) is 0 Å². The van der Waals surface area contributed by atoms with Crippen LogP contribution in [0.15, 0.2) is 0 Å². The molecular weight excluding hydrogens is 377 g/mol. The van der Waals surface area contributed by atoms with Gasteiger partial charge in [-0.1, -0.05) is 110 Å². The third kappa shape index (κ3) is 34.4. The van der Waals surface area contributed by atoms with E-state index >= 15 is 0 Å². The molecule has 0 rings (SSSR count). The van der Waals surface area contributed by atoms with Crippen molar-refractivity contribution in [2.24, 2.45) is 5.73 Å². The molecule has 0 saturated heterocycles. The van der Waals surface area contributed by atoms with Crippen LogP contribution in [-0.4, -0.2) is 22.9 Å². The molecule has 0 amide bonds. The van der Waals surface area contributed by atoms with E-state index in [0.29, 0.717) is 6.61 Å². The average Bonchev–Trinajstić information content (AvgIpc) is 2.62. The van der Waals surface area contributed by atoms with Gasteiger partial charge in [-0.05, 0) is 31.2 Å². The summed E-state index contributed by atoms with van der Waals surface area (Å²) in [5, 5.41) is 0. The zero-order chi connectivity index (χ0) is 20.6. The van der Waals surface area contributed by atoms with Crippen molar-refractivity contribution in [3.05, 3.63) is 0 Å². The number of hydrogen-bond donors (Lipinski definition) is 3. The summed E-state index contributed by atoms with van der Waals surface area (Å²) in [6, 6.07) is 0. The molecule has 4 N–H and O–H groups in total. The molecule has 0 atom stereocenters. The fourth-order valence-electron chi connectivity index (χ4n) is 2.87. The highest BCUT2D eigenvalue weighted by molar-refractivity contribution is 8.06. The van der Waals surface area contributed by atoms with Crippen molar-refractivity contribution in [3.8, 4) is 0 Å². The molecule has 0 bridgehead atoms. The van der Waals surface area contributed by atoms with Gasteiger partial charge in [0.1, 0.15) is 0 Å². The van der Waals surface area contributed by atoms with Crippen LogP contribution >= 0.6 is 6.72 Å². The zero-order valence-corrected chi connectivity index (χ0v) is 19.9.